The Balaban J connectivity index is 2.41. The molecule has 1 atom stereocenters. The number of likely N-dealkylation sites (tertiary alicyclic amines) is 1. The number of amides is 2. The summed E-state index contributed by atoms with van der Waals surface area (Å²) in [4.78, 5) is 12.8. The standard InChI is InChI=1S/C9H19N3O/c10-6-3-5-8-4-1-2-7-12(8)9(11)13/h8H,1-7,10H2,(H2,11,13). The molecule has 13 heavy (non-hydrogen) atoms. The molecule has 0 aromatic carbocycles. The van der Waals surface area contributed by atoms with Crippen LogP contribution in [-0.2, 0) is 0 Å². The third kappa shape index (κ3) is 2.88. The first-order valence-electron chi connectivity index (χ1n) is 5.02. The Morgan fingerprint density at radius 2 is 2.23 bits per heavy atom. The molecule has 1 fully saturated rings. The Kier molecular flexibility index (Phi) is 4.02. The van der Waals surface area contributed by atoms with E-state index < -0.39 is 0 Å². The minimum absolute atomic E-state index is 0.276. The number of hydrogen-bond donors (Lipinski definition) is 2. The molecular weight excluding hydrogens is 166 g/mol. The maximum atomic E-state index is 11.0. The Labute approximate surface area is 79.3 Å². The van der Waals surface area contributed by atoms with Gasteiger partial charge in [0.1, 0.15) is 0 Å². The summed E-state index contributed by atoms with van der Waals surface area (Å²) in [7, 11) is 0. The first-order valence-corrected chi connectivity index (χ1v) is 5.02. The van der Waals surface area contributed by atoms with Gasteiger partial charge in [-0.3, -0.25) is 0 Å². The Hall–Kier alpha value is -0.770. The van der Waals surface area contributed by atoms with E-state index in [2.05, 4.69) is 0 Å². The van der Waals surface area contributed by atoms with E-state index in [0.29, 0.717) is 12.6 Å². The fraction of sp³-hybridized carbons (Fsp3) is 0.889. The van der Waals surface area contributed by atoms with E-state index in [1.165, 1.54) is 6.42 Å². The number of hydrogen-bond acceptors (Lipinski definition) is 2. The van der Waals surface area contributed by atoms with Gasteiger partial charge in [0, 0.05) is 12.6 Å². The number of primary amides is 1. The zero-order valence-corrected chi connectivity index (χ0v) is 8.04. The Morgan fingerprint density at radius 3 is 2.85 bits per heavy atom. The van der Waals surface area contributed by atoms with Gasteiger partial charge < -0.3 is 16.4 Å². The summed E-state index contributed by atoms with van der Waals surface area (Å²) < 4.78 is 0. The molecule has 1 unspecified atom stereocenters. The topological polar surface area (TPSA) is 72.3 Å². The molecule has 4 heteroatoms. The quantitative estimate of drug-likeness (QED) is 0.678. The lowest BCUT2D eigenvalue weighted by Gasteiger charge is -2.34. The predicted octanol–water partition coefficient (Wildman–Crippen LogP) is 0.658. The fourth-order valence-electron chi connectivity index (χ4n) is 1.94. The smallest absolute Gasteiger partial charge is 0.315 e. The molecule has 0 radical (unpaired) electrons. The first-order chi connectivity index (χ1) is 6.25. The van der Waals surface area contributed by atoms with E-state index in [-0.39, 0.29) is 6.03 Å². The van der Waals surface area contributed by atoms with Crippen molar-refractivity contribution in [2.45, 2.75) is 38.1 Å². The normalized spacial score (nSPS) is 23.2. The minimum atomic E-state index is -0.276. The summed E-state index contributed by atoms with van der Waals surface area (Å²) >= 11 is 0. The van der Waals surface area contributed by atoms with E-state index in [1.807, 2.05) is 0 Å². The molecule has 1 aliphatic heterocycles. The van der Waals surface area contributed by atoms with Crippen molar-refractivity contribution in [3.63, 3.8) is 0 Å². The van der Waals surface area contributed by atoms with Gasteiger partial charge in [-0.15, -0.1) is 0 Å². The first kappa shape index (κ1) is 10.3. The summed E-state index contributed by atoms with van der Waals surface area (Å²) in [5, 5.41) is 0. The van der Waals surface area contributed by atoms with Crippen LogP contribution in [0, 0.1) is 0 Å². The molecule has 0 aromatic rings. The van der Waals surface area contributed by atoms with Crippen LogP contribution in [0.25, 0.3) is 0 Å². The SMILES string of the molecule is NCCCC1CCCCN1C(N)=O. The number of urea groups is 1. The third-order valence-corrected chi connectivity index (χ3v) is 2.65. The molecule has 4 nitrogen and oxygen atoms in total. The van der Waals surface area contributed by atoms with Crippen molar-refractivity contribution in [1.82, 2.24) is 4.90 Å². The minimum Gasteiger partial charge on any atom is -0.351 e. The van der Waals surface area contributed by atoms with Crippen LogP contribution < -0.4 is 11.5 Å². The molecule has 1 aliphatic rings. The van der Waals surface area contributed by atoms with E-state index in [4.69, 9.17) is 11.5 Å². The molecule has 4 N–H and O–H groups in total. The van der Waals surface area contributed by atoms with Gasteiger partial charge in [-0.05, 0) is 38.6 Å². The largest absolute Gasteiger partial charge is 0.351 e. The van der Waals surface area contributed by atoms with Gasteiger partial charge in [0.15, 0.2) is 0 Å². The lowest BCUT2D eigenvalue weighted by Crippen LogP contribution is -2.46. The van der Waals surface area contributed by atoms with Crippen molar-refractivity contribution in [3.8, 4) is 0 Å². The van der Waals surface area contributed by atoms with E-state index in [0.717, 1.165) is 32.2 Å². The maximum Gasteiger partial charge on any atom is 0.315 e. The number of carbonyl (C=O) groups is 1. The second-order valence-corrected chi connectivity index (χ2v) is 3.61. The lowest BCUT2D eigenvalue weighted by molar-refractivity contribution is 0.153. The summed E-state index contributed by atoms with van der Waals surface area (Å²) in [6.45, 7) is 1.52. The van der Waals surface area contributed by atoms with Crippen molar-refractivity contribution in [1.29, 1.82) is 0 Å². The van der Waals surface area contributed by atoms with Crippen molar-refractivity contribution in [2.75, 3.05) is 13.1 Å². The summed E-state index contributed by atoms with van der Waals surface area (Å²) in [5.41, 5.74) is 10.7. The molecule has 76 valence electrons. The molecule has 0 bridgehead atoms. The lowest BCUT2D eigenvalue weighted by atomic mass is 9.98. The van der Waals surface area contributed by atoms with Crippen molar-refractivity contribution < 1.29 is 4.79 Å². The van der Waals surface area contributed by atoms with Gasteiger partial charge >= 0.3 is 6.03 Å². The van der Waals surface area contributed by atoms with Gasteiger partial charge in [0.05, 0.1) is 0 Å². The molecule has 1 saturated heterocycles. The number of piperidine rings is 1. The highest BCUT2D eigenvalue weighted by Gasteiger charge is 2.23. The number of carbonyl (C=O) groups excluding carboxylic acids is 1. The van der Waals surface area contributed by atoms with Crippen molar-refractivity contribution in [3.05, 3.63) is 0 Å². The molecular formula is C9H19N3O. The highest BCUT2D eigenvalue weighted by molar-refractivity contribution is 5.72. The van der Waals surface area contributed by atoms with E-state index in [9.17, 15) is 4.79 Å². The van der Waals surface area contributed by atoms with Gasteiger partial charge in [0.2, 0.25) is 0 Å². The van der Waals surface area contributed by atoms with Crippen molar-refractivity contribution in [2.24, 2.45) is 11.5 Å². The average Bonchev–Trinajstić information content (AvgIpc) is 2.15. The van der Waals surface area contributed by atoms with E-state index >= 15 is 0 Å². The number of nitrogens with two attached hydrogens (primary N) is 2. The van der Waals surface area contributed by atoms with Crippen LogP contribution >= 0.6 is 0 Å². The highest BCUT2D eigenvalue weighted by Crippen LogP contribution is 2.19. The summed E-state index contributed by atoms with van der Waals surface area (Å²) in [5.74, 6) is 0. The van der Waals surface area contributed by atoms with Crippen molar-refractivity contribution >= 4 is 6.03 Å². The van der Waals surface area contributed by atoms with Gasteiger partial charge in [-0.1, -0.05) is 0 Å². The van der Waals surface area contributed by atoms with Crippen LogP contribution in [0.2, 0.25) is 0 Å². The molecule has 0 aromatic heterocycles. The summed E-state index contributed by atoms with van der Waals surface area (Å²) in [6, 6.07) is 0.0662. The maximum absolute atomic E-state index is 11.0. The van der Waals surface area contributed by atoms with Gasteiger partial charge in [0.25, 0.3) is 0 Å². The average molecular weight is 185 g/mol. The molecule has 1 rings (SSSR count). The highest BCUT2D eigenvalue weighted by atomic mass is 16.2. The van der Waals surface area contributed by atoms with Crippen LogP contribution in [0.5, 0.6) is 0 Å². The zero-order chi connectivity index (χ0) is 9.68. The van der Waals surface area contributed by atoms with Crippen LogP contribution in [0.4, 0.5) is 4.79 Å². The number of nitrogens with zero attached hydrogens (tertiary/aromatic N) is 1. The Morgan fingerprint density at radius 1 is 1.46 bits per heavy atom. The monoisotopic (exact) mass is 185 g/mol. The van der Waals surface area contributed by atoms with Crippen LogP contribution in [0.1, 0.15) is 32.1 Å². The van der Waals surface area contributed by atoms with Crippen LogP contribution in [0.3, 0.4) is 0 Å². The molecule has 0 saturated carbocycles. The van der Waals surface area contributed by atoms with Gasteiger partial charge in [-0.2, -0.15) is 0 Å². The third-order valence-electron chi connectivity index (χ3n) is 2.65. The predicted molar refractivity (Wildman–Crippen MR) is 52.2 cm³/mol. The van der Waals surface area contributed by atoms with E-state index in [1.54, 1.807) is 4.90 Å². The second kappa shape index (κ2) is 5.07. The van der Waals surface area contributed by atoms with Crippen LogP contribution in [-0.4, -0.2) is 30.1 Å². The molecule has 1 heterocycles. The zero-order valence-electron chi connectivity index (χ0n) is 8.04. The van der Waals surface area contributed by atoms with Crippen LogP contribution in [0.15, 0.2) is 0 Å². The van der Waals surface area contributed by atoms with Gasteiger partial charge in [-0.25, -0.2) is 4.79 Å². The second-order valence-electron chi connectivity index (χ2n) is 3.61. The summed E-state index contributed by atoms with van der Waals surface area (Å²) in [6.07, 6.45) is 5.36. The Bertz CT molecular complexity index is 172. The molecule has 0 aliphatic carbocycles. The molecule has 0 spiro atoms. The number of rotatable bonds is 3. The fourth-order valence-corrected chi connectivity index (χ4v) is 1.94. The molecule has 2 amide bonds.